The Bertz CT molecular complexity index is 608. The normalized spacial score (nSPS) is 10.8. The number of rotatable bonds is 4. The van der Waals surface area contributed by atoms with Crippen LogP contribution in [0.5, 0.6) is 0 Å². The number of amides is 2. The van der Waals surface area contributed by atoms with E-state index in [1.54, 1.807) is 13.0 Å². The fourth-order valence-corrected chi connectivity index (χ4v) is 1.60. The summed E-state index contributed by atoms with van der Waals surface area (Å²) < 4.78 is 31.4. The van der Waals surface area contributed by atoms with Gasteiger partial charge in [0, 0.05) is 19.3 Å². The van der Waals surface area contributed by atoms with Gasteiger partial charge in [-0.3, -0.25) is 4.68 Å². The monoisotopic (exact) mass is 285 g/mol. The van der Waals surface area contributed by atoms with Crippen molar-refractivity contribution in [2.45, 2.75) is 19.9 Å². The molecule has 0 unspecified atom stereocenters. The molecule has 0 aliphatic carbocycles. The summed E-state index contributed by atoms with van der Waals surface area (Å²) in [5.74, 6) is 0.620. The van der Waals surface area contributed by atoms with Gasteiger partial charge in [-0.2, -0.15) is 5.10 Å². The van der Waals surface area contributed by atoms with Crippen LogP contribution in [0.1, 0.15) is 23.6 Å². The zero-order valence-electron chi connectivity index (χ0n) is 10.9. The fourth-order valence-electron chi connectivity index (χ4n) is 1.60. The first-order chi connectivity index (χ1) is 9.45. The van der Waals surface area contributed by atoms with E-state index in [1.165, 1.54) is 17.9 Å². The minimum Gasteiger partial charge on any atom is -0.361 e. The number of halogens is 2. The molecular weight excluding hydrogens is 272 g/mol. The third-order valence-corrected chi connectivity index (χ3v) is 2.42. The number of alkyl halides is 2. The molecule has 0 saturated heterocycles. The van der Waals surface area contributed by atoms with Crippen molar-refractivity contribution in [3.05, 3.63) is 29.4 Å². The number of nitrogens with one attached hydrogen (secondary N) is 2. The summed E-state index contributed by atoms with van der Waals surface area (Å²) in [5, 5.41) is 12.1. The average Bonchev–Trinajstić information content (AvgIpc) is 2.93. The maximum absolute atomic E-state index is 12.7. The predicted molar refractivity (Wildman–Crippen MR) is 65.3 cm³/mol. The standard InChI is InChI=1S/C11H13F2N5O2/c1-6-3-7(17-20-6)4-14-11(19)15-8-5-18(2)16-9(8)10(12)13/h3,5,10H,4H2,1-2H3,(H2,14,15,19). The van der Waals surface area contributed by atoms with Crippen molar-refractivity contribution >= 4 is 11.7 Å². The summed E-state index contributed by atoms with van der Waals surface area (Å²) in [6.45, 7) is 1.86. The summed E-state index contributed by atoms with van der Waals surface area (Å²) in [4.78, 5) is 11.6. The number of nitrogens with zero attached hydrogens (tertiary/aromatic N) is 3. The second-order valence-corrected chi connectivity index (χ2v) is 4.14. The smallest absolute Gasteiger partial charge is 0.319 e. The van der Waals surface area contributed by atoms with E-state index >= 15 is 0 Å². The molecule has 0 fully saturated rings. The second-order valence-electron chi connectivity index (χ2n) is 4.14. The van der Waals surface area contributed by atoms with E-state index in [9.17, 15) is 13.6 Å². The van der Waals surface area contributed by atoms with Crippen molar-refractivity contribution in [2.75, 3.05) is 5.32 Å². The van der Waals surface area contributed by atoms with Crippen LogP contribution in [0.3, 0.4) is 0 Å². The fraction of sp³-hybridized carbons (Fsp3) is 0.364. The molecule has 2 aromatic heterocycles. The van der Waals surface area contributed by atoms with Gasteiger partial charge in [0.2, 0.25) is 0 Å². The average molecular weight is 285 g/mol. The zero-order chi connectivity index (χ0) is 14.7. The van der Waals surface area contributed by atoms with Crippen LogP contribution >= 0.6 is 0 Å². The van der Waals surface area contributed by atoms with Gasteiger partial charge in [-0.05, 0) is 6.92 Å². The quantitative estimate of drug-likeness (QED) is 0.899. The first kappa shape index (κ1) is 14.0. The first-order valence-electron chi connectivity index (χ1n) is 5.74. The number of hydrogen-bond donors (Lipinski definition) is 2. The molecular formula is C11H13F2N5O2. The molecule has 0 bridgehead atoms. The number of urea groups is 1. The molecule has 2 amide bonds. The maximum atomic E-state index is 12.7. The molecule has 0 aromatic carbocycles. The van der Waals surface area contributed by atoms with E-state index in [0.29, 0.717) is 11.5 Å². The Balaban J connectivity index is 1.94. The summed E-state index contributed by atoms with van der Waals surface area (Å²) in [5.41, 5.74) is 0.0363. The molecule has 0 radical (unpaired) electrons. The van der Waals surface area contributed by atoms with Crippen LogP contribution in [0.25, 0.3) is 0 Å². The Morgan fingerprint density at radius 1 is 1.55 bits per heavy atom. The second kappa shape index (κ2) is 5.68. The molecule has 20 heavy (non-hydrogen) atoms. The molecule has 9 heteroatoms. The van der Waals surface area contributed by atoms with Gasteiger partial charge in [0.1, 0.15) is 11.5 Å². The number of hydrogen-bond acceptors (Lipinski definition) is 4. The topological polar surface area (TPSA) is 85.0 Å². The van der Waals surface area contributed by atoms with Crippen LogP contribution in [0.2, 0.25) is 0 Å². The molecule has 7 nitrogen and oxygen atoms in total. The Morgan fingerprint density at radius 3 is 2.90 bits per heavy atom. The number of aryl methyl sites for hydroxylation is 2. The van der Waals surface area contributed by atoms with Crippen molar-refractivity contribution < 1.29 is 18.1 Å². The molecule has 108 valence electrons. The lowest BCUT2D eigenvalue weighted by atomic mass is 10.3. The molecule has 2 heterocycles. The third kappa shape index (κ3) is 3.31. The van der Waals surface area contributed by atoms with Crippen LogP contribution in [-0.4, -0.2) is 21.0 Å². The summed E-state index contributed by atoms with van der Waals surface area (Å²) in [6, 6.07) is 1.04. The molecule has 0 spiro atoms. The number of carbonyl (C=O) groups excluding carboxylic acids is 1. The first-order valence-corrected chi connectivity index (χ1v) is 5.74. The van der Waals surface area contributed by atoms with E-state index in [0.717, 1.165) is 0 Å². The maximum Gasteiger partial charge on any atom is 0.319 e. The van der Waals surface area contributed by atoms with Gasteiger partial charge in [-0.1, -0.05) is 5.16 Å². The largest absolute Gasteiger partial charge is 0.361 e. The van der Waals surface area contributed by atoms with Crippen molar-refractivity contribution in [2.24, 2.45) is 7.05 Å². The van der Waals surface area contributed by atoms with Crippen molar-refractivity contribution in [1.82, 2.24) is 20.3 Å². The van der Waals surface area contributed by atoms with Crippen molar-refractivity contribution in [1.29, 1.82) is 0 Å². The van der Waals surface area contributed by atoms with Crippen molar-refractivity contribution in [3.8, 4) is 0 Å². The highest BCUT2D eigenvalue weighted by Gasteiger charge is 2.19. The van der Waals surface area contributed by atoms with E-state index in [4.69, 9.17) is 4.52 Å². The highest BCUT2D eigenvalue weighted by Crippen LogP contribution is 2.24. The van der Waals surface area contributed by atoms with E-state index < -0.39 is 18.2 Å². The lowest BCUT2D eigenvalue weighted by Gasteiger charge is -2.05. The molecule has 0 aliphatic rings. The van der Waals surface area contributed by atoms with Crippen LogP contribution in [0, 0.1) is 6.92 Å². The van der Waals surface area contributed by atoms with Gasteiger partial charge in [0.15, 0.2) is 5.69 Å². The van der Waals surface area contributed by atoms with Gasteiger partial charge >= 0.3 is 6.03 Å². The Morgan fingerprint density at radius 2 is 2.30 bits per heavy atom. The van der Waals surface area contributed by atoms with E-state index in [-0.39, 0.29) is 12.2 Å². The molecule has 2 N–H and O–H groups in total. The van der Waals surface area contributed by atoms with Gasteiger partial charge in [0.05, 0.1) is 12.2 Å². The molecule has 0 aliphatic heterocycles. The number of carbonyl (C=O) groups is 1. The number of aromatic nitrogens is 3. The number of anilines is 1. The van der Waals surface area contributed by atoms with Gasteiger partial charge in [0.25, 0.3) is 6.43 Å². The Labute approximate surface area is 112 Å². The van der Waals surface area contributed by atoms with Crippen molar-refractivity contribution in [3.63, 3.8) is 0 Å². The van der Waals surface area contributed by atoms with Crippen LogP contribution in [0.4, 0.5) is 19.3 Å². The summed E-state index contributed by atoms with van der Waals surface area (Å²) in [6.07, 6.45) is -1.45. The van der Waals surface area contributed by atoms with Crippen LogP contribution in [0.15, 0.2) is 16.8 Å². The highest BCUT2D eigenvalue weighted by molar-refractivity contribution is 5.89. The van der Waals surface area contributed by atoms with Gasteiger partial charge < -0.3 is 15.2 Å². The minimum absolute atomic E-state index is 0.0312. The Hall–Kier alpha value is -2.45. The van der Waals surface area contributed by atoms with Crippen LogP contribution in [-0.2, 0) is 13.6 Å². The lowest BCUT2D eigenvalue weighted by Crippen LogP contribution is -2.28. The van der Waals surface area contributed by atoms with Gasteiger partial charge in [-0.15, -0.1) is 0 Å². The van der Waals surface area contributed by atoms with E-state index in [1.807, 2.05) is 0 Å². The third-order valence-electron chi connectivity index (χ3n) is 2.42. The molecule has 0 atom stereocenters. The SMILES string of the molecule is Cc1cc(CNC(=O)Nc2cn(C)nc2C(F)F)no1. The lowest BCUT2D eigenvalue weighted by molar-refractivity contribution is 0.146. The summed E-state index contributed by atoms with van der Waals surface area (Å²) in [7, 11) is 1.49. The molecule has 0 saturated carbocycles. The predicted octanol–water partition coefficient (Wildman–Crippen LogP) is 1.98. The molecule has 2 aromatic rings. The van der Waals surface area contributed by atoms with Gasteiger partial charge in [-0.25, -0.2) is 13.6 Å². The minimum atomic E-state index is -2.76. The van der Waals surface area contributed by atoms with Crippen LogP contribution < -0.4 is 10.6 Å². The zero-order valence-corrected chi connectivity index (χ0v) is 10.9. The molecule has 2 rings (SSSR count). The summed E-state index contributed by atoms with van der Waals surface area (Å²) >= 11 is 0. The van der Waals surface area contributed by atoms with E-state index in [2.05, 4.69) is 20.9 Å². The highest BCUT2D eigenvalue weighted by atomic mass is 19.3. The Kier molecular flexibility index (Phi) is 3.97.